The van der Waals surface area contributed by atoms with Gasteiger partial charge in [-0.2, -0.15) is 0 Å². The number of terminal acetylenes is 1. The summed E-state index contributed by atoms with van der Waals surface area (Å²) in [7, 11) is 0. The minimum atomic E-state index is 0.0503. The number of hydrogen-bond acceptors (Lipinski definition) is 3. The van der Waals surface area contributed by atoms with Gasteiger partial charge < -0.3 is 10.1 Å². The van der Waals surface area contributed by atoms with Gasteiger partial charge in [-0.15, -0.1) is 6.42 Å². The lowest BCUT2D eigenvalue weighted by Crippen LogP contribution is -2.51. The highest BCUT2D eigenvalue weighted by molar-refractivity contribution is 5.04. The van der Waals surface area contributed by atoms with Crippen molar-refractivity contribution in [2.24, 2.45) is 0 Å². The van der Waals surface area contributed by atoms with Crippen molar-refractivity contribution in [3.8, 4) is 12.3 Å². The maximum Gasteiger partial charge on any atom is 0.0967 e. The van der Waals surface area contributed by atoms with E-state index in [1.54, 1.807) is 0 Å². The molecule has 2 atom stereocenters. The van der Waals surface area contributed by atoms with Crippen molar-refractivity contribution in [3.05, 3.63) is 0 Å². The van der Waals surface area contributed by atoms with E-state index in [0.29, 0.717) is 0 Å². The van der Waals surface area contributed by atoms with Gasteiger partial charge in [0, 0.05) is 13.1 Å². The predicted molar refractivity (Wildman–Crippen MR) is 58.2 cm³/mol. The Morgan fingerprint density at radius 1 is 1.64 bits per heavy atom. The Labute approximate surface area is 86.8 Å². The van der Waals surface area contributed by atoms with Crippen molar-refractivity contribution in [2.45, 2.75) is 26.0 Å². The molecule has 0 spiro atoms. The number of likely N-dealkylation sites (N-methyl/N-ethyl adjacent to an activating group) is 2. The molecule has 1 saturated heterocycles. The third-order valence-electron chi connectivity index (χ3n) is 2.60. The van der Waals surface area contributed by atoms with Crippen molar-refractivity contribution >= 4 is 0 Å². The molecule has 0 saturated carbocycles. The zero-order valence-corrected chi connectivity index (χ0v) is 9.12. The Hall–Kier alpha value is -0.560. The van der Waals surface area contributed by atoms with Crippen molar-refractivity contribution in [3.63, 3.8) is 0 Å². The Kier molecular flexibility index (Phi) is 4.95. The monoisotopic (exact) mass is 196 g/mol. The largest absolute Gasteiger partial charge is 0.373 e. The number of hydrogen-bond donors (Lipinski definition) is 1. The zero-order valence-electron chi connectivity index (χ0n) is 9.12. The molecule has 1 fully saturated rings. The summed E-state index contributed by atoms with van der Waals surface area (Å²) >= 11 is 0. The first-order valence-corrected chi connectivity index (χ1v) is 5.35. The van der Waals surface area contributed by atoms with Crippen LogP contribution in [-0.2, 0) is 4.74 Å². The Balaban J connectivity index is 2.45. The van der Waals surface area contributed by atoms with Gasteiger partial charge in [0.1, 0.15) is 0 Å². The molecule has 1 rings (SSSR count). The van der Waals surface area contributed by atoms with Gasteiger partial charge in [-0.05, 0) is 13.1 Å². The molecule has 1 aliphatic rings. The maximum atomic E-state index is 5.67. The number of rotatable bonds is 4. The molecular formula is C11H20N2O. The van der Waals surface area contributed by atoms with E-state index < -0.39 is 0 Å². The van der Waals surface area contributed by atoms with E-state index in [0.717, 1.165) is 32.8 Å². The van der Waals surface area contributed by atoms with Crippen LogP contribution < -0.4 is 5.32 Å². The van der Waals surface area contributed by atoms with Crippen molar-refractivity contribution in [1.29, 1.82) is 0 Å². The first kappa shape index (κ1) is 11.5. The Morgan fingerprint density at radius 2 is 2.43 bits per heavy atom. The van der Waals surface area contributed by atoms with Crippen molar-refractivity contribution < 1.29 is 4.74 Å². The molecule has 0 aromatic carbocycles. The molecule has 0 aromatic rings. The van der Waals surface area contributed by atoms with Gasteiger partial charge in [0.15, 0.2) is 0 Å². The average molecular weight is 196 g/mol. The maximum absolute atomic E-state index is 5.67. The lowest BCUT2D eigenvalue weighted by molar-refractivity contribution is -0.0354. The fraction of sp³-hybridized carbons (Fsp3) is 0.818. The summed E-state index contributed by atoms with van der Waals surface area (Å²) in [6, 6.07) is 0.0503. The van der Waals surface area contributed by atoms with Crippen LogP contribution in [0.3, 0.4) is 0 Å². The minimum Gasteiger partial charge on any atom is -0.373 e. The molecule has 3 heteroatoms. The van der Waals surface area contributed by atoms with Crippen LogP contribution in [0.25, 0.3) is 0 Å². The third kappa shape index (κ3) is 2.98. The fourth-order valence-electron chi connectivity index (χ4n) is 1.74. The number of morpholine rings is 1. The van der Waals surface area contributed by atoms with E-state index in [1.807, 2.05) is 0 Å². The van der Waals surface area contributed by atoms with Crippen molar-refractivity contribution in [2.75, 3.05) is 32.8 Å². The molecule has 0 amide bonds. The highest BCUT2D eigenvalue weighted by Crippen LogP contribution is 2.08. The SMILES string of the molecule is C#CC(NCC)C1CN(CC)CCO1. The second-order valence-corrected chi connectivity index (χ2v) is 3.50. The topological polar surface area (TPSA) is 24.5 Å². The summed E-state index contributed by atoms with van der Waals surface area (Å²) in [6.07, 6.45) is 5.61. The highest BCUT2D eigenvalue weighted by atomic mass is 16.5. The molecule has 0 aliphatic carbocycles. The second-order valence-electron chi connectivity index (χ2n) is 3.50. The summed E-state index contributed by atoms with van der Waals surface area (Å²) in [5.41, 5.74) is 0. The summed E-state index contributed by atoms with van der Waals surface area (Å²) in [4.78, 5) is 2.37. The first-order valence-electron chi connectivity index (χ1n) is 5.35. The molecule has 80 valence electrons. The normalized spacial score (nSPS) is 25.6. The van der Waals surface area contributed by atoms with Gasteiger partial charge in [-0.1, -0.05) is 19.8 Å². The number of ether oxygens (including phenoxy) is 1. The van der Waals surface area contributed by atoms with E-state index >= 15 is 0 Å². The molecule has 0 radical (unpaired) electrons. The molecule has 2 unspecified atom stereocenters. The van der Waals surface area contributed by atoms with Crippen LogP contribution in [0.5, 0.6) is 0 Å². The van der Waals surface area contributed by atoms with Gasteiger partial charge in [-0.25, -0.2) is 0 Å². The van der Waals surface area contributed by atoms with Gasteiger partial charge in [0.05, 0.1) is 18.8 Å². The fourth-order valence-corrected chi connectivity index (χ4v) is 1.74. The zero-order chi connectivity index (χ0) is 10.4. The van der Waals surface area contributed by atoms with E-state index in [1.165, 1.54) is 0 Å². The van der Waals surface area contributed by atoms with Crippen LogP contribution in [0.2, 0.25) is 0 Å². The summed E-state index contributed by atoms with van der Waals surface area (Å²) in [5.74, 6) is 2.75. The predicted octanol–water partition coefficient (Wildman–Crippen LogP) is 0.318. The van der Waals surface area contributed by atoms with Gasteiger partial charge in [-0.3, -0.25) is 4.90 Å². The molecule has 1 heterocycles. The molecule has 14 heavy (non-hydrogen) atoms. The molecule has 1 aliphatic heterocycles. The summed E-state index contributed by atoms with van der Waals surface area (Å²) < 4.78 is 5.67. The standard InChI is InChI=1S/C11H20N2O/c1-4-10(12-5-2)11-9-13(6-3)7-8-14-11/h1,10-12H,5-9H2,2-3H3. The van der Waals surface area contributed by atoms with E-state index in [-0.39, 0.29) is 12.1 Å². The smallest absolute Gasteiger partial charge is 0.0967 e. The number of nitrogens with zero attached hydrogens (tertiary/aromatic N) is 1. The van der Waals surface area contributed by atoms with Crippen LogP contribution in [0.1, 0.15) is 13.8 Å². The quantitative estimate of drug-likeness (QED) is 0.655. The lowest BCUT2D eigenvalue weighted by atomic mass is 10.1. The molecule has 0 aromatic heterocycles. The second kappa shape index (κ2) is 6.02. The molecule has 1 N–H and O–H groups in total. The van der Waals surface area contributed by atoms with Gasteiger partial charge >= 0.3 is 0 Å². The van der Waals surface area contributed by atoms with Gasteiger partial charge in [0.25, 0.3) is 0 Å². The summed E-state index contributed by atoms with van der Waals surface area (Å²) in [6.45, 7) is 8.95. The summed E-state index contributed by atoms with van der Waals surface area (Å²) in [5, 5.41) is 3.26. The van der Waals surface area contributed by atoms with Crippen LogP contribution in [0, 0.1) is 12.3 Å². The Morgan fingerprint density at radius 3 is 3.00 bits per heavy atom. The molecule has 3 nitrogen and oxygen atoms in total. The van der Waals surface area contributed by atoms with Crippen LogP contribution in [-0.4, -0.2) is 49.8 Å². The number of nitrogens with one attached hydrogen (secondary N) is 1. The van der Waals surface area contributed by atoms with E-state index in [2.05, 4.69) is 30.0 Å². The molecular weight excluding hydrogens is 176 g/mol. The van der Waals surface area contributed by atoms with Gasteiger partial charge in [0.2, 0.25) is 0 Å². The van der Waals surface area contributed by atoms with Crippen LogP contribution in [0.15, 0.2) is 0 Å². The van der Waals surface area contributed by atoms with Crippen LogP contribution in [0.4, 0.5) is 0 Å². The Bertz CT molecular complexity index is 200. The van der Waals surface area contributed by atoms with E-state index in [9.17, 15) is 0 Å². The highest BCUT2D eigenvalue weighted by Gasteiger charge is 2.25. The average Bonchev–Trinajstić information content (AvgIpc) is 2.26. The van der Waals surface area contributed by atoms with E-state index in [4.69, 9.17) is 11.2 Å². The molecule has 0 bridgehead atoms. The minimum absolute atomic E-state index is 0.0503. The van der Waals surface area contributed by atoms with Crippen LogP contribution >= 0.6 is 0 Å². The lowest BCUT2D eigenvalue weighted by Gasteiger charge is -2.34. The van der Waals surface area contributed by atoms with Crippen molar-refractivity contribution in [1.82, 2.24) is 10.2 Å². The first-order chi connectivity index (χ1) is 6.81. The third-order valence-corrected chi connectivity index (χ3v) is 2.60.